The smallest absolute Gasteiger partial charge is 0.295 e. The number of pyridine rings is 1. The number of benzene rings is 1. The quantitative estimate of drug-likeness (QED) is 0.340. The van der Waals surface area contributed by atoms with Gasteiger partial charge < -0.3 is 14.7 Å². The van der Waals surface area contributed by atoms with E-state index in [1.807, 2.05) is 24.3 Å². The van der Waals surface area contributed by atoms with E-state index in [1.165, 1.54) is 17.3 Å². The largest absolute Gasteiger partial charge is 0.507 e. The molecule has 6 nitrogen and oxygen atoms in total. The van der Waals surface area contributed by atoms with Gasteiger partial charge in [-0.25, -0.2) is 0 Å². The first-order valence-corrected chi connectivity index (χ1v) is 10.0. The summed E-state index contributed by atoms with van der Waals surface area (Å²) in [4.78, 5) is 31.2. The average Bonchev–Trinajstić information content (AvgIpc) is 2.98. The molecule has 0 radical (unpaired) electrons. The fourth-order valence-corrected chi connectivity index (χ4v) is 3.67. The highest BCUT2D eigenvalue weighted by molar-refractivity contribution is 6.46. The van der Waals surface area contributed by atoms with E-state index in [0.717, 1.165) is 11.1 Å². The molecule has 1 aromatic carbocycles. The van der Waals surface area contributed by atoms with Gasteiger partial charge in [-0.15, -0.1) is 0 Å². The van der Waals surface area contributed by atoms with E-state index in [9.17, 15) is 14.7 Å². The Morgan fingerprint density at radius 3 is 2.30 bits per heavy atom. The number of methoxy groups -OCH3 is 1. The van der Waals surface area contributed by atoms with Crippen molar-refractivity contribution >= 4 is 17.4 Å². The van der Waals surface area contributed by atoms with Gasteiger partial charge in [-0.3, -0.25) is 14.6 Å². The van der Waals surface area contributed by atoms with E-state index in [0.29, 0.717) is 25.1 Å². The third-order valence-electron chi connectivity index (χ3n) is 5.33. The number of ketones is 1. The molecule has 0 bridgehead atoms. The molecule has 158 valence electrons. The van der Waals surface area contributed by atoms with Crippen LogP contribution < -0.4 is 0 Å². The molecule has 2 aromatic rings. The first-order valence-electron chi connectivity index (χ1n) is 10.0. The van der Waals surface area contributed by atoms with Gasteiger partial charge >= 0.3 is 0 Å². The lowest BCUT2D eigenvalue weighted by molar-refractivity contribution is -0.140. The van der Waals surface area contributed by atoms with Gasteiger partial charge in [-0.2, -0.15) is 0 Å². The maximum absolute atomic E-state index is 12.9. The van der Waals surface area contributed by atoms with Crippen molar-refractivity contribution in [3.05, 3.63) is 71.1 Å². The van der Waals surface area contributed by atoms with Crippen LogP contribution in [0.2, 0.25) is 0 Å². The van der Waals surface area contributed by atoms with Crippen LogP contribution in [0.5, 0.6) is 0 Å². The van der Waals surface area contributed by atoms with Gasteiger partial charge in [-0.1, -0.05) is 45.0 Å². The van der Waals surface area contributed by atoms with Crippen LogP contribution in [0.1, 0.15) is 49.9 Å². The first-order chi connectivity index (χ1) is 14.3. The molecule has 1 amide bonds. The lowest BCUT2D eigenvalue weighted by Gasteiger charge is -2.26. The minimum atomic E-state index is -0.674. The van der Waals surface area contributed by atoms with Crippen LogP contribution in [0.25, 0.3) is 5.76 Å². The van der Waals surface area contributed by atoms with E-state index in [1.54, 1.807) is 19.2 Å². The number of carbonyl (C=O) groups is 2. The first kappa shape index (κ1) is 21.7. The van der Waals surface area contributed by atoms with Gasteiger partial charge in [0.05, 0.1) is 11.6 Å². The Hall–Kier alpha value is -2.99. The Balaban J connectivity index is 2.10. The molecular formula is C24H28N2O4. The Labute approximate surface area is 177 Å². The topological polar surface area (TPSA) is 79.7 Å². The number of rotatable bonds is 6. The normalized spacial score (nSPS) is 18.8. The van der Waals surface area contributed by atoms with Crippen molar-refractivity contribution in [2.75, 3.05) is 20.3 Å². The summed E-state index contributed by atoms with van der Waals surface area (Å²) in [6.07, 6.45) is 3.67. The van der Waals surface area contributed by atoms with Crippen molar-refractivity contribution < 1.29 is 19.4 Å². The minimum absolute atomic E-state index is 0.0180. The zero-order valence-electron chi connectivity index (χ0n) is 17.9. The third kappa shape index (κ3) is 4.28. The molecular weight excluding hydrogens is 380 g/mol. The molecule has 1 saturated heterocycles. The molecule has 1 aromatic heterocycles. The van der Waals surface area contributed by atoms with Gasteiger partial charge in [0, 0.05) is 38.2 Å². The van der Waals surface area contributed by atoms with Gasteiger partial charge in [0.25, 0.3) is 11.7 Å². The van der Waals surface area contributed by atoms with Gasteiger partial charge in [-0.05, 0) is 35.1 Å². The van der Waals surface area contributed by atoms with Crippen LogP contribution in [0, 0.1) is 0 Å². The summed E-state index contributed by atoms with van der Waals surface area (Å²) in [5.41, 5.74) is 2.48. The Morgan fingerprint density at radius 1 is 1.10 bits per heavy atom. The molecule has 30 heavy (non-hydrogen) atoms. The van der Waals surface area contributed by atoms with Gasteiger partial charge in [0.1, 0.15) is 5.76 Å². The molecule has 1 aliphatic rings. The summed E-state index contributed by atoms with van der Waals surface area (Å²) >= 11 is 0. The molecule has 3 rings (SSSR count). The number of hydrogen-bond donors (Lipinski definition) is 1. The lowest BCUT2D eigenvalue weighted by Crippen LogP contribution is -2.31. The molecule has 1 N–H and O–H groups in total. The molecule has 1 aliphatic heterocycles. The maximum Gasteiger partial charge on any atom is 0.295 e. The zero-order valence-corrected chi connectivity index (χ0v) is 17.9. The molecule has 1 fully saturated rings. The molecule has 1 atom stereocenters. The summed E-state index contributed by atoms with van der Waals surface area (Å²) in [6, 6.07) is 10.5. The van der Waals surface area contributed by atoms with Crippen LogP contribution in [0.15, 0.2) is 54.4 Å². The van der Waals surface area contributed by atoms with Crippen LogP contribution in [0.4, 0.5) is 0 Å². The van der Waals surface area contributed by atoms with E-state index in [2.05, 4.69) is 25.8 Å². The minimum Gasteiger partial charge on any atom is -0.507 e. The monoisotopic (exact) mass is 408 g/mol. The Morgan fingerprint density at radius 2 is 1.73 bits per heavy atom. The molecule has 0 saturated carbocycles. The highest BCUT2D eigenvalue weighted by atomic mass is 16.5. The molecule has 2 heterocycles. The fraction of sp³-hybridized carbons (Fsp3) is 0.375. The zero-order chi connectivity index (χ0) is 21.9. The number of carbonyl (C=O) groups excluding carboxylic acids is 2. The third-order valence-corrected chi connectivity index (χ3v) is 5.33. The van der Waals surface area contributed by atoms with E-state index >= 15 is 0 Å². The number of ether oxygens (including phenoxy) is 1. The number of aliphatic hydroxyl groups excluding tert-OH is 1. The van der Waals surface area contributed by atoms with Crippen LogP contribution in [-0.4, -0.2) is 46.9 Å². The predicted molar refractivity (Wildman–Crippen MR) is 115 cm³/mol. The number of aromatic nitrogens is 1. The number of likely N-dealkylation sites (tertiary alicyclic amines) is 1. The second kappa shape index (κ2) is 8.79. The summed E-state index contributed by atoms with van der Waals surface area (Å²) in [6.45, 7) is 7.22. The van der Waals surface area contributed by atoms with Crippen molar-refractivity contribution in [2.45, 2.75) is 38.6 Å². The molecule has 0 spiro atoms. The van der Waals surface area contributed by atoms with Crippen molar-refractivity contribution in [1.29, 1.82) is 0 Å². The summed E-state index contributed by atoms with van der Waals surface area (Å²) in [5, 5.41) is 10.9. The number of nitrogens with zero attached hydrogens (tertiary/aromatic N) is 2. The van der Waals surface area contributed by atoms with E-state index < -0.39 is 17.7 Å². The number of aliphatic hydroxyl groups is 1. The van der Waals surface area contributed by atoms with Crippen LogP contribution >= 0.6 is 0 Å². The summed E-state index contributed by atoms with van der Waals surface area (Å²) in [7, 11) is 1.60. The highest BCUT2D eigenvalue weighted by Crippen LogP contribution is 2.39. The molecule has 1 unspecified atom stereocenters. The summed E-state index contributed by atoms with van der Waals surface area (Å²) < 4.78 is 5.11. The van der Waals surface area contributed by atoms with Gasteiger partial charge in [0.2, 0.25) is 0 Å². The number of Topliss-reactive ketones (excluding diaryl/α,β-unsaturated/α-hetero) is 1. The Kier molecular flexibility index (Phi) is 6.37. The molecule has 0 aliphatic carbocycles. The fourth-order valence-electron chi connectivity index (χ4n) is 3.67. The van der Waals surface area contributed by atoms with Crippen molar-refractivity contribution in [3.8, 4) is 0 Å². The average molecular weight is 408 g/mol. The standard InChI is InChI=1S/C24H28N2O4/c1-24(2,3)18-8-6-16(7-9-18)20-19(21(27)17-10-12-25-13-11-17)22(28)23(29)26(20)14-5-15-30-4/h6-13,20,27H,5,14-15H2,1-4H3/b21-19+. The van der Waals surface area contributed by atoms with Crippen molar-refractivity contribution in [1.82, 2.24) is 9.88 Å². The van der Waals surface area contributed by atoms with E-state index in [-0.39, 0.29) is 16.7 Å². The van der Waals surface area contributed by atoms with Gasteiger partial charge in [0.15, 0.2) is 0 Å². The van der Waals surface area contributed by atoms with Crippen molar-refractivity contribution in [2.24, 2.45) is 0 Å². The number of amides is 1. The maximum atomic E-state index is 12.9. The van der Waals surface area contributed by atoms with E-state index in [4.69, 9.17) is 4.74 Å². The van der Waals surface area contributed by atoms with Crippen LogP contribution in [0.3, 0.4) is 0 Å². The second-order valence-electron chi connectivity index (χ2n) is 8.45. The highest BCUT2D eigenvalue weighted by Gasteiger charge is 2.45. The number of hydrogen-bond acceptors (Lipinski definition) is 5. The summed E-state index contributed by atoms with van der Waals surface area (Å²) in [5.74, 6) is -1.46. The second-order valence-corrected chi connectivity index (χ2v) is 8.45. The van der Waals surface area contributed by atoms with Crippen LogP contribution in [-0.2, 0) is 19.7 Å². The predicted octanol–water partition coefficient (Wildman–Crippen LogP) is 3.84. The van der Waals surface area contributed by atoms with Crippen molar-refractivity contribution in [3.63, 3.8) is 0 Å². The lowest BCUT2D eigenvalue weighted by atomic mass is 9.85. The Bertz CT molecular complexity index is 943. The SMILES string of the molecule is COCCCN1C(=O)C(=O)/C(=C(/O)c2ccncc2)C1c1ccc(C(C)(C)C)cc1. The molecule has 6 heteroatoms.